The molecule has 2 aromatic heterocycles. The highest BCUT2D eigenvalue weighted by atomic mass is 19.4. The Morgan fingerprint density at radius 1 is 1.14 bits per heavy atom. The molecule has 1 aromatic carbocycles. The number of likely N-dealkylation sites (tertiary alicyclic amines) is 1. The van der Waals surface area contributed by atoms with Gasteiger partial charge < -0.3 is 9.64 Å². The number of aromatic nitrogens is 3. The number of alkyl halides is 3. The lowest BCUT2D eigenvalue weighted by Gasteiger charge is -2.40. The first kappa shape index (κ1) is 24.6. The second-order valence-corrected chi connectivity index (χ2v) is 8.57. The van der Waals surface area contributed by atoms with E-state index in [1.54, 1.807) is 30.0 Å². The first-order valence-electron chi connectivity index (χ1n) is 11.2. The van der Waals surface area contributed by atoms with E-state index in [4.69, 9.17) is 4.74 Å². The second kappa shape index (κ2) is 9.97. The van der Waals surface area contributed by atoms with Crippen LogP contribution in [0, 0.1) is 18.7 Å². The van der Waals surface area contributed by atoms with Gasteiger partial charge in [0.1, 0.15) is 12.4 Å². The summed E-state index contributed by atoms with van der Waals surface area (Å²) in [5, 5.41) is 0. The molecule has 35 heavy (non-hydrogen) atoms. The smallest absolute Gasteiger partial charge is 0.417 e. The van der Waals surface area contributed by atoms with Crippen molar-refractivity contribution in [2.45, 2.75) is 38.9 Å². The van der Waals surface area contributed by atoms with Gasteiger partial charge >= 0.3 is 6.18 Å². The number of aryl methyl sites for hydroxylation is 1. The predicted octanol–water partition coefficient (Wildman–Crippen LogP) is 5.32. The van der Waals surface area contributed by atoms with Gasteiger partial charge in [0.05, 0.1) is 22.7 Å². The lowest BCUT2D eigenvalue weighted by molar-refractivity contribution is -0.137. The van der Waals surface area contributed by atoms with Crippen LogP contribution in [0.2, 0.25) is 0 Å². The number of amides is 1. The minimum Gasteiger partial charge on any atom is -0.475 e. The minimum atomic E-state index is -4.49. The van der Waals surface area contributed by atoms with Crippen LogP contribution >= 0.6 is 0 Å². The van der Waals surface area contributed by atoms with Gasteiger partial charge in [0.2, 0.25) is 5.88 Å². The van der Waals surface area contributed by atoms with E-state index in [0.29, 0.717) is 18.3 Å². The van der Waals surface area contributed by atoms with Crippen molar-refractivity contribution in [1.29, 1.82) is 0 Å². The number of carbonyl (C=O) groups is 1. The minimum absolute atomic E-state index is 0.0305. The van der Waals surface area contributed by atoms with Gasteiger partial charge in [0.25, 0.3) is 5.91 Å². The number of halogens is 4. The van der Waals surface area contributed by atoms with Crippen molar-refractivity contribution < 1.29 is 27.1 Å². The van der Waals surface area contributed by atoms with E-state index in [9.17, 15) is 18.0 Å². The van der Waals surface area contributed by atoms with E-state index in [0.717, 1.165) is 25.0 Å². The van der Waals surface area contributed by atoms with Gasteiger partial charge in [-0.3, -0.25) is 4.79 Å². The lowest BCUT2D eigenvalue weighted by atomic mass is 9.90. The van der Waals surface area contributed by atoms with Gasteiger partial charge in [0, 0.05) is 31.2 Å². The summed E-state index contributed by atoms with van der Waals surface area (Å²) in [6, 6.07) is 6.39. The number of hydrogen-bond acceptors (Lipinski definition) is 5. The molecule has 0 aliphatic carbocycles. The first-order valence-corrected chi connectivity index (χ1v) is 11.2. The average Bonchev–Trinajstić information content (AvgIpc) is 2.84. The maximum absolute atomic E-state index is 15.2. The Labute approximate surface area is 200 Å². The third-order valence-corrected chi connectivity index (χ3v) is 6.20. The SMILES string of the molecule is Cc1ccc(C(=O)N2CCC[C@@H](C)[C@H]2COc2ccc(C(F)(F)F)cn2)c(-c2ncccn2)c1F. The topological polar surface area (TPSA) is 68.2 Å². The molecular weight excluding hydrogens is 464 g/mol. The van der Waals surface area contributed by atoms with E-state index in [-0.39, 0.29) is 47.3 Å². The summed E-state index contributed by atoms with van der Waals surface area (Å²) < 4.78 is 59.2. The molecule has 0 N–H and O–H groups in total. The Balaban J connectivity index is 1.60. The molecule has 4 rings (SSSR count). The quantitative estimate of drug-likeness (QED) is 0.455. The van der Waals surface area contributed by atoms with Crippen LogP contribution < -0.4 is 4.74 Å². The third kappa shape index (κ3) is 5.26. The molecule has 0 radical (unpaired) electrons. The van der Waals surface area contributed by atoms with Gasteiger partial charge in [-0.05, 0) is 49.4 Å². The van der Waals surface area contributed by atoms with Crippen molar-refractivity contribution in [2.24, 2.45) is 5.92 Å². The van der Waals surface area contributed by atoms with E-state index in [1.807, 2.05) is 6.92 Å². The molecule has 2 atom stereocenters. The van der Waals surface area contributed by atoms with Crippen molar-refractivity contribution in [3.8, 4) is 17.3 Å². The predicted molar refractivity (Wildman–Crippen MR) is 120 cm³/mol. The number of ether oxygens (including phenoxy) is 1. The molecule has 3 aromatic rings. The molecular formula is C25H24F4N4O2. The highest BCUT2D eigenvalue weighted by Gasteiger charge is 2.35. The van der Waals surface area contributed by atoms with Crippen molar-refractivity contribution in [3.63, 3.8) is 0 Å². The molecule has 3 heterocycles. The van der Waals surface area contributed by atoms with Crippen LogP contribution in [-0.4, -0.2) is 45.0 Å². The van der Waals surface area contributed by atoms with Gasteiger partial charge in [-0.15, -0.1) is 0 Å². The van der Waals surface area contributed by atoms with E-state index >= 15 is 4.39 Å². The number of hydrogen-bond donors (Lipinski definition) is 0. The Morgan fingerprint density at radius 2 is 1.89 bits per heavy atom. The van der Waals surface area contributed by atoms with Crippen LogP contribution in [0.5, 0.6) is 5.88 Å². The molecule has 10 heteroatoms. The summed E-state index contributed by atoms with van der Waals surface area (Å²) in [5.74, 6) is -0.749. The van der Waals surface area contributed by atoms with Crippen molar-refractivity contribution in [2.75, 3.05) is 13.2 Å². The number of nitrogens with zero attached hydrogens (tertiary/aromatic N) is 4. The zero-order valence-electron chi connectivity index (χ0n) is 19.2. The molecule has 0 bridgehead atoms. The van der Waals surface area contributed by atoms with Gasteiger partial charge in [-0.25, -0.2) is 19.3 Å². The van der Waals surface area contributed by atoms with E-state index in [2.05, 4.69) is 15.0 Å². The van der Waals surface area contributed by atoms with Crippen LogP contribution in [-0.2, 0) is 6.18 Å². The summed E-state index contributed by atoms with van der Waals surface area (Å²) in [4.78, 5) is 27.3. The monoisotopic (exact) mass is 488 g/mol. The summed E-state index contributed by atoms with van der Waals surface area (Å²) in [5.41, 5.74) is -0.321. The van der Waals surface area contributed by atoms with E-state index < -0.39 is 17.6 Å². The van der Waals surface area contributed by atoms with Crippen LogP contribution in [0.4, 0.5) is 17.6 Å². The normalized spacial score (nSPS) is 18.4. The fraction of sp³-hybridized carbons (Fsp3) is 0.360. The van der Waals surface area contributed by atoms with Crippen molar-refractivity contribution >= 4 is 5.91 Å². The molecule has 1 amide bonds. The number of rotatable bonds is 5. The second-order valence-electron chi connectivity index (χ2n) is 8.57. The third-order valence-electron chi connectivity index (χ3n) is 6.20. The molecule has 1 aliphatic heterocycles. The summed E-state index contributed by atoms with van der Waals surface area (Å²) in [6.07, 6.45) is 0.784. The van der Waals surface area contributed by atoms with Crippen molar-refractivity contribution in [3.05, 3.63) is 71.4 Å². The van der Waals surface area contributed by atoms with Gasteiger partial charge in [0.15, 0.2) is 5.82 Å². The van der Waals surface area contributed by atoms with Crippen LogP contribution in [0.15, 0.2) is 48.9 Å². The number of benzene rings is 1. The standard InChI is InChI=1S/C25H24F4N4O2/c1-15-5-3-12-33(19(15)14-35-20-9-7-17(13-32-20)25(27,28)29)24(34)18-8-6-16(2)22(26)21(18)23-30-10-4-11-31-23/h4,6-11,13,15,19H,3,5,12,14H2,1-2H3/t15-,19-/m1/s1. The largest absolute Gasteiger partial charge is 0.475 e. The lowest BCUT2D eigenvalue weighted by Crippen LogP contribution is -2.50. The fourth-order valence-corrected chi connectivity index (χ4v) is 4.22. The summed E-state index contributed by atoms with van der Waals surface area (Å²) in [7, 11) is 0. The Bertz CT molecular complexity index is 1190. The highest BCUT2D eigenvalue weighted by Crippen LogP contribution is 2.32. The van der Waals surface area contributed by atoms with Gasteiger partial charge in [-0.2, -0.15) is 13.2 Å². The molecule has 6 nitrogen and oxygen atoms in total. The molecule has 184 valence electrons. The maximum atomic E-state index is 15.2. The highest BCUT2D eigenvalue weighted by molar-refractivity contribution is 6.00. The first-order chi connectivity index (χ1) is 16.7. The molecule has 0 saturated carbocycles. The Kier molecular flexibility index (Phi) is 7.00. The fourth-order valence-electron chi connectivity index (χ4n) is 4.22. The van der Waals surface area contributed by atoms with E-state index in [1.165, 1.54) is 12.4 Å². The molecule has 0 unspecified atom stereocenters. The van der Waals surface area contributed by atoms with Crippen LogP contribution in [0.3, 0.4) is 0 Å². The molecule has 1 saturated heterocycles. The maximum Gasteiger partial charge on any atom is 0.417 e. The van der Waals surface area contributed by atoms with Gasteiger partial charge in [-0.1, -0.05) is 13.0 Å². The number of piperidine rings is 1. The molecule has 1 fully saturated rings. The van der Waals surface area contributed by atoms with Crippen LogP contribution in [0.25, 0.3) is 11.4 Å². The zero-order valence-corrected chi connectivity index (χ0v) is 19.2. The number of carbonyl (C=O) groups excluding carboxylic acids is 1. The summed E-state index contributed by atoms with van der Waals surface area (Å²) in [6.45, 7) is 4.05. The average molecular weight is 488 g/mol. The molecule has 1 aliphatic rings. The number of pyridine rings is 1. The molecule has 0 spiro atoms. The zero-order chi connectivity index (χ0) is 25.2. The Morgan fingerprint density at radius 3 is 2.54 bits per heavy atom. The van der Waals surface area contributed by atoms with Crippen molar-refractivity contribution in [1.82, 2.24) is 19.9 Å². The summed E-state index contributed by atoms with van der Waals surface area (Å²) >= 11 is 0. The van der Waals surface area contributed by atoms with Crippen LogP contribution in [0.1, 0.15) is 41.3 Å². The Hall–Kier alpha value is -3.56.